The summed E-state index contributed by atoms with van der Waals surface area (Å²) in [5.74, 6) is 0. The van der Waals surface area contributed by atoms with Crippen LogP contribution in [0.5, 0.6) is 0 Å². The van der Waals surface area contributed by atoms with Gasteiger partial charge < -0.3 is 10.3 Å². The Morgan fingerprint density at radius 2 is 1.30 bits per heavy atom. The first-order valence-electron chi connectivity index (χ1n) is 6.39. The maximum Gasteiger partial charge on any atom is 0.0572 e. The van der Waals surface area contributed by atoms with E-state index in [0.29, 0.717) is 0 Å². The summed E-state index contributed by atoms with van der Waals surface area (Å²) in [5, 5.41) is 2.21. The molecule has 0 fully saturated rings. The van der Waals surface area contributed by atoms with Gasteiger partial charge in [0.1, 0.15) is 0 Å². The van der Waals surface area contributed by atoms with Crippen molar-refractivity contribution in [1.82, 2.24) is 14.5 Å². The molecular weight excluding hydrogens is 248 g/mol. The second-order valence-corrected chi connectivity index (χ2v) is 4.71. The minimum absolute atomic E-state index is 0.762. The zero-order chi connectivity index (χ0) is 13.5. The maximum absolute atomic E-state index is 5.78. The average molecular weight is 260 g/mol. The lowest BCUT2D eigenvalue weighted by Gasteiger charge is -2.07. The van der Waals surface area contributed by atoms with Crippen molar-refractivity contribution in [2.45, 2.75) is 0 Å². The highest BCUT2D eigenvalue weighted by atomic mass is 15.0. The van der Waals surface area contributed by atoms with Gasteiger partial charge in [0, 0.05) is 46.9 Å². The number of benzene rings is 1. The number of aromatic nitrogens is 3. The van der Waals surface area contributed by atoms with Crippen LogP contribution in [0.3, 0.4) is 0 Å². The standard InChI is InChI=1S/C16H12N4/c17-11-1-3-12(4-2-11)20-15-5-7-18-9-13(15)14-10-19-8-6-16(14)20/h1-10H,17H2. The average Bonchev–Trinajstić information content (AvgIpc) is 2.83. The van der Waals surface area contributed by atoms with Crippen LogP contribution in [0.25, 0.3) is 27.5 Å². The van der Waals surface area contributed by atoms with E-state index in [1.165, 1.54) is 0 Å². The molecule has 0 saturated carbocycles. The Morgan fingerprint density at radius 1 is 0.750 bits per heavy atom. The molecule has 0 aliphatic heterocycles. The largest absolute Gasteiger partial charge is 0.399 e. The molecule has 4 nitrogen and oxygen atoms in total. The van der Waals surface area contributed by atoms with Gasteiger partial charge in [-0.1, -0.05) is 0 Å². The van der Waals surface area contributed by atoms with Crippen LogP contribution in [0, 0.1) is 0 Å². The summed E-state index contributed by atoms with van der Waals surface area (Å²) in [4.78, 5) is 8.45. The number of nitrogens with zero attached hydrogens (tertiary/aromatic N) is 3. The molecule has 4 heteroatoms. The molecular formula is C16H12N4. The molecule has 0 saturated heterocycles. The fourth-order valence-corrected chi connectivity index (χ4v) is 2.61. The van der Waals surface area contributed by atoms with Crippen molar-refractivity contribution in [1.29, 1.82) is 0 Å². The normalized spacial score (nSPS) is 11.2. The fraction of sp³-hybridized carbons (Fsp3) is 0. The van der Waals surface area contributed by atoms with Gasteiger partial charge >= 0.3 is 0 Å². The van der Waals surface area contributed by atoms with E-state index >= 15 is 0 Å². The molecule has 0 aliphatic carbocycles. The first-order valence-corrected chi connectivity index (χ1v) is 6.39. The van der Waals surface area contributed by atoms with E-state index in [1.54, 1.807) is 0 Å². The molecule has 2 N–H and O–H groups in total. The van der Waals surface area contributed by atoms with Crippen LogP contribution >= 0.6 is 0 Å². The van der Waals surface area contributed by atoms with Crippen LogP contribution in [0.15, 0.2) is 61.2 Å². The lowest BCUT2D eigenvalue weighted by Crippen LogP contribution is -1.94. The highest BCUT2D eigenvalue weighted by Crippen LogP contribution is 2.30. The van der Waals surface area contributed by atoms with Crippen molar-refractivity contribution in [3.63, 3.8) is 0 Å². The van der Waals surface area contributed by atoms with E-state index in [0.717, 1.165) is 33.2 Å². The van der Waals surface area contributed by atoms with Crippen LogP contribution in [-0.2, 0) is 0 Å². The van der Waals surface area contributed by atoms with Gasteiger partial charge in [0.25, 0.3) is 0 Å². The lowest BCUT2D eigenvalue weighted by atomic mass is 10.2. The zero-order valence-corrected chi connectivity index (χ0v) is 10.7. The zero-order valence-electron chi connectivity index (χ0n) is 10.7. The molecule has 0 radical (unpaired) electrons. The molecule has 0 spiro atoms. The summed E-state index contributed by atoms with van der Waals surface area (Å²) in [6.45, 7) is 0. The topological polar surface area (TPSA) is 56.7 Å². The van der Waals surface area contributed by atoms with E-state index in [-0.39, 0.29) is 0 Å². The van der Waals surface area contributed by atoms with E-state index in [4.69, 9.17) is 5.73 Å². The Hall–Kier alpha value is -2.88. The van der Waals surface area contributed by atoms with Gasteiger partial charge in [-0.2, -0.15) is 0 Å². The minimum Gasteiger partial charge on any atom is -0.399 e. The molecule has 0 bridgehead atoms. The second-order valence-electron chi connectivity index (χ2n) is 4.71. The third-order valence-corrected chi connectivity index (χ3v) is 3.52. The van der Waals surface area contributed by atoms with Gasteiger partial charge in [0.15, 0.2) is 0 Å². The number of hydrogen-bond acceptors (Lipinski definition) is 3. The predicted molar refractivity (Wildman–Crippen MR) is 80.8 cm³/mol. The molecule has 0 aliphatic rings. The van der Waals surface area contributed by atoms with E-state index < -0.39 is 0 Å². The van der Waals surface area contributed by atoms with Gasteiger partial charge in [-0.3, -0.25) is 9.97 Å². The van der Waals surface area contributed by atoms with Crippen LogP contribution in [0.1, 0.15) is 0 Å². The Kier molecular flexibility index (Phi) is 2.23. The molecule has 1 aromatic carbocycles. The maximum atomic E-state index is 5.78. The summed E-state index contributed by atoms with van der Waals surface area (Å²) < 4.78 is 2.20. The third kappa shape index (κ3) is 1.48. The molecule has 0 unspecified atom stereocenters. The molecule has 3 aromatic heterocycles. The van der Waals surface area contributed by atoms with Crippen molar-refractivity contribution >= 4 is 27.5 Å². The quantitative estimate of drug-likeness (QED) is 0.535. The molecule has 3 heterocycles. The smallest absolute Gasteiger partial charge is 0.0572 e. The highest BCUT2D eigenvalue weighted by molar-refractivity contribution is 6.08. The Labute approximate surface area is 115 Å². The Balaban J connectivity index is 2.17. The minimum atomic E-state index is 0.762. The number of anilines is 1. The number of fused-ring (bicyclic) bond motifs is 3. The van der Waals surface area contributed by atoms with Gasteiger partial charge in [-0.05, 0) is 36.4 Å². The number of hydrogen-bond donors (Lipinski definition) is 1. The number of pyridine rings is 2. The first kappa shape index (κ1) is 11.0. The van der Waals surface area contributed by atoms with Crippen LogP contribution < -0.4 is 5.73 Å². The van der Waals surface area contributed by atoms with Crippen LogP contribution in [0.4, 0.5) is 5.69 Å². The SMILES string of the molecule is Nc1ccc(-n2c3ccncc3c3cnccc32)cc1. The van der Waals surface area contributed by atoms with E-state index in [1.807, 2.05) is 61.2 Å². The Morgan fingerprint density at radius 3 is 1.85 bits per heavy atom. The first-order chi connectivity index (χ1) is 9.84. The molecule has 0 amide bonds. The van der Waals surface area contributed by atoms with E-state index in [2.05, 4.69) is 14.5 Å². The summed E-state index contributed by atoms with van der Waals surface area (Å²) in [6, 6.07) is 11.9. The molecule has 20 heavy (non-hydrogen) atoms. The number of nitrogens with two attached hydrogens (primary N) is 1. The van der Waals surface area contributed by atoms with Crippen molar-refractivity contribution in [2.75, 3.05) is 5.73 Å². The van der Waals surface area contributed by atoms with Crippen molar-refractivity contribution in [3.8, 4) is 5.69 Å². The summed E-state index contributed by atoms with van der Waals surface area (Å²) in [5.41, 5.74) is 9.85. The molecule has 4 aromatic rings. The number of rotatable bonds is 1. The third-order valence-electron chi connectivity index (χ3n) is 3.52. The van der Waals surface area contributed by atoms with Gasteiger partial charge in [-0.25, -0.2) is 0 Å². The lowest BCUT2D eigenvalue weighted by molar-refractivity contribution is 1.17. The van der Waals surface area contributed by atoms with E-state index in [9.17, 15) is 0 Å². The Bertz CT molecular complexity index is 853. The van der Waals surface area contributed by atoms with Crippen LogP contribution in [-0.4, -0.2) is 14.5 Å². The van der Waals surface area contributed by atoms with Crippen molar-refractivity contribution in [3.05, 3.63) is 61.2 Å². The van der Waals surface area contributed by atoms with Crippen LogP contribution in [0.2, 0.25) is 0 Å². The van der Waals surface area contributed by atoms with Gasteiger partial charge in [-0.15, -0.1) is 0 Å². The summed E-state index contributed by atoms with van der Waals surface area (Å²) in [6.07, 6.45) is 7.38. The predicted octanol–water partition coefficient (Wildman–Crippen LogP) is 3.16. The monoisotopic (exact) mass is 260 g/mol. The van der Waals surface area contributed by atoms with Crippen molar-refractivity contribution in [2.24, 2.45) is 0 Å². The van der Waals surface area contributed by atoms with Crippen molar-refractivity contribution < 1.29 is 0 Å². The fourth-order valence-electron chi connectivity index (χ4n) is 2.61. The number of nitrogen functional groups attached to an aromatic ring is 1. The molecule has 0 atom stereocenters. The summed E-state index contributed by atoms with van der Waals surface area (Å²) in [7, 11) is 0. The molecule has 4 rings (SSSR count). The summed E-state index contributed by atoms with van der Waals surface area (Å²) >= 11 is 0. The second kappa shape index (κ2) is 4.06. The highest BCUT2D eigenvalue weighted by Gasteiger charge is 2.11. The molecule has 96 valence electrons. The van der Waals surface area contributed by atoms with Gasteiger partial charge in [0.2, 0.25) is 0 Å². The van der Waals surface area contributed by atoms with Gasteiger partial charge in [0.05, 0.1) is 11.0 Å².